The van der Waals surface area contributed by atoms with Gasteiger partial charge in [0, 0.05) is 0 Å². The zero-order valence-corrected chi connectivity index (χ0v) is 26.8. The molecule has 0 heterocycles. The molecule has 2 aliphatic carbocycles. The largest absolute Gasteiger partial charge is 0.494 e. The first-order valence-electron chi connectivity index (χ1n) is 18.2. The molecule has 4 atom stereocenters. The topological polar surface area (TPSA) is 18.5 Å². The molecule has 2 nitrogen and oxygen atoms in total. The van der Waals surface area contributed by atoms with E-state index in [1.54, 1.807) is 0 Å². The molecule has 0 bridgehead atoms. The van der Waals surface area contributed by atoms with Crippen LogP contribution in [0.15, 0.2) is 24.3 Å². The molecule has 40 heavy (non-hydrogen) atoms. The first kappa shape index (κ1) is 33.3. The molecule has 1 aromatic carbocycles. The Labute approximate surface area is 249 Å². The van der Waals surface area contributed by atoms with Gasteiger partial charge in [-0.05, 0) is 73.6 Å². The molecule has 2 aliphatic rings. The fraction of sp³-hybridized carbons (Fsp3) is 0.842. The average molecular weight is 555 g/mol. The van der Waals surface area contributed by atoms with Gasteiger partial charge < -0.3 is 9.47 Å². The van der Waals surface area contributed by atoms with Gasteiger partial charge in [0.2, 0.25) is 0 Å². The van der Waals surface area contributed by atoms with E-state index < -0.39 is 0 Å². The Bertz CT molecular complexity index is 652. The third-order valence-electron chi connectivity index (χ3n) is 10.3. The minimum absolute atomic E-state index is 0.848. The van der Waals surface area contributed by atoms with E-state index in [-0.39, 0.29) is 0 Å². The molecule has 0 N–H and O–H groups in total. The van der Waals surface area contributed by atoms with Crippen LogP contribution in [0.25, 0.3) is 0 Å². The van der Waals surface area contributed by atoms with Gasteiger partial charge in [-0.3, -0.25) is 0 Å². The molecule has 2 fully saturated rings. The summed E-state index contributed by atoms with van der Waals surface area (Å²) in [5.74, 6) is 5.82. The van der Waals surface area contributed by atoms with Gasteiger partial charge in [0.25, 0.3) is 0 Å². The lowest BCUT2D eigenvalue weighted by Crippen LogP contribution is -2.20. The van der Waals surface area contributed by atoms with Crippen molar-refractivity contribution in [1.82, 2.24) is 0 Å². The Hall–Kier alpha value is -1.18. The highest BCUT2D eigenvalue weighted by molar-refractivity contribution is 5.31. The van der Waals surface area contributed by atoms with Crippen molar-refractivity contribution in [3.63, 3.8) is 0 Å². The Morgan fingerprint density at radius 2 is 0.775 bits per heavy atom. The number of unbranched alkanes of at least 4 members (excludes halogenated alkanes) is 8. The molecule has 3 rings (SSSR count). The monoisotopic (exact) mass is 555 g/mol. The minimum Gasteiger partial charge on any atom is -0.494 e. The van der Waals surface area contributed by atoms with Crippen molar-refractivity contribution in [1.29, 1.82) is 0 Å². The van der Waals surface area contributed by atoms with E-state index in [1.165, 1.54) is 154 Å². The molecule has 2 saturated carbocycles. The van der Waals surface area contributed by atoms with Crippen LogP contribution in [0.4, 0.5) is 0 Å². The maximum absolute atomic E-state index is 6.13. The lowest BCUT2D eigenvalue weighted by Gasteiger charge is -2.32. The predicted molar refractivity (Wildman–Crippen MR) is 174 cm³/mol. The number of rotatable bonds is 22. The SMILES string of the molecule is CCCCCCCC1CCCCC1CCCOc1ccc(OCCCC2CCCCC2CCCCCCC)cc1. The van der Waals surface area contributed by atoms with Crippen LogP contribution in [0.5, 0.6) is 11.5 Å². The lowest BCUT2D eigenvalue weighted by molar-refractivity contribution is 0.189. The third-order valence-corrected chi connectivity index (χ3v) is 10.3. The van der Waals surface area contributed by atoms with Crippen molar-refractivity contribution in [3.8, 4) is 11.5 Å². The number of hydrogen-bond donors (Lipinski definition) is 0. The maximum Gasteiger partial charge on any atom is 0.119 e. The quantitative estimate of drug-likeness (QED) is 0.133. The summed E-state index contributed by atoms with van der Waals surface area (Å²) in [5, 5.41) is 0. The van der Waals surface area contributed by atoms with Crippen LogP contribution in [0.2, 0.25) is 0 Å². The molecular formula is C38H66O2. The summed E-state index contributed by atoms with van der Waals surface area (Å²) < 4.78 is 12.3. The van der Waals surface area contributed by atoms with Crippen molar-refractivity contribution in [2.45, 2.75) is 168 Å². The molecule has 0 radical (unpaired) electrons. The summed E-state index contributed by atoms with van der Waals surface area (Å²) in [6, 6.07) is 8.41. The van der Waals surface area contributed by atoms with Gasteiger partial charge in [-0.25, -0.2) is 0 Å². The molecule has 0 aromatic heterocycles. The van der Waals surface area contributed by atoms with Crippen LogP contribution in [0.3, 0.4) is 0 Å². The van der Waals surface area contributed by atoms with Crippen LogP contribution in [0, 0.1) is 23.7 Å². The van der Waals surface area contributed by atoms with Gasteiger partial charge in [-0.1, -0.05) is 142 Å². The van der Waals surface area contributed by atoms with Gasteiger partial charge in [-0.2, -0.15) is 0 Å². The molecule has 1 aromatic rings. The number of benzene rings is 1. The lowest BCUT2D eigenvalue weighted by atomic mass is 9.74. The van der Waals surface area contributed by atoms with Crippen molar-refractivity contribution < 1.29 is 9.47 Å². The highest BCUT2D eigenvalue weighted by atomic mass is 16.5. The molecule has 0 aliphatic heterocycles. The number of ether oxygens (including phenoxy) is 2. The van der Waals surface area contributed by atoms with Gasteiger partial charge >= 0.3 is 0 Å². The van der Waals surface area contributed by atoms with E-state index in [4.69, 9.17) is 9.47 Å². The third kappa shape index (κ3) is 13.7. The Morgan fingerprint density at radius 3 is 1.12 bits per heavy atom. The highest BCUT2D eigenvalue weighted by Crippen LogP contribution is 2.37. The predicted octanol–water partition coefficient (Wildman–Crippen LogP) is 12.3. The second-order valence-electron chi connectivity index (χ2n) is 13.5. The summed E-state index contributed by atoms with van der Waals surface area (Å²) in [7, 11) is 0. The Kier molecular flexibility index (Phi) is 17.9. The first-order chi connectivity index (χ1) is 19.8. The molecule has 4 unspecified atom stereocenters. The van der Waals surface area contributed by atoms with Gasteiger partial charge in [0.05, 0.1) is 13.2 Å². The zero-order chi connectivity index (χ0) is 28.1. The zero-order valence-electron chi connectivity index (χ0n) is 26.8. The summed E-state index contributed by atoms with van der Waals surface area (Å²) in [6.45, 7) is 6.32. The van der Waals surface area contributed by atoms with E-state index in [0.717, 1.165) is 48.4 Å². The average Bonchev–Trinajstić information content (AvgIpc) is 2.99. The van der Waals surface area contributed by atoms with Crippen molar-refractivity contribution >= 4 is 0 Å². The van der Waals surface area contributed by atoms with Crippen molar-refractivity contribution in [2.24, 2.45) is 23.7 Å². The molecule has 0 amide bonds. The Balaban J connectivity index is 1.25. The molecule has 2 heteroatoms. The molecule has 230 valence electrons. The minimum atomic E-state index is 0.848. The van der Waals surface area contributed by atoms with Gasteiger partial charge in [0.1, 0.15) is 11.5 Å². The normalized spacial score (nSPS) is 23.2. The van der Waals surface area contributed by atoms with Crippen LogP contribution in [-0.4, -0.2) is 13.2 Å². The number of hydrogen-bond acceptors (Lipinski definition) is 2. The molecule has 0 saturated heterocycles. The van der Waals surface area contributed by atoms with E-state index in [2.05, 4.69) is 38.1 Å². The van der Waals surface area contributed by atoms with Crippen molar-refractivity contribution in [2.75, 3.05) is 13.2 Å². The maximum atomic E-state index is 6.13. The summed E-state index contributed by atoms with van der Waals surface area (Å²) in [4.78, 5) is 0. The standard InChI is InChI=1S/C38H66O2/c1-3-5-7-9-11-19-33-21-13-15-23-35(33)25-17-31-39-37-27-29-38(30-28-37)40-32-18-26-36-24-16-14-22-34(36)20-12-10-8-6-4-2/h27-30,33-36H,3-26,31-32H2,1-2H3. The summed E-state index contributed by atoms with van der Waals surface area (Å²) in [6.07, 6.45) is 33.9. The van der Waals surface area contributed by atoms with Crippen LogP contribution >= 0.6 is 0 Å². The van der Waals surface area contributed by atoms with Gasteiger partial charge in [0.15, 0.2) is 0 Å². The second-order valence-corrected chi connectivity index (χ2v) is 13.5. The van der Waals surface area contributed by atoms with Crippen molar-refractivity contribution in [3.05, 3.63) is 24.3 Å². The summed E-state index contributed by atoms with van der Waals surface area (Å²) in [5.41, 5.74) is 0. The molecule has 0 spiro atoms. The fourth-order valence-electron chi connectivity index (χ4n) is 7.81. The van der Waals surface area contributed by atoms with E-state index in [9.17, 15) is 0 Å². The smallest absolute Gasteiger partial charge is 0.119 e. The van der Waals surface area contributed by atoms with E-state index in [1.807, 2.05) is 0 Å². The first-order valence-corrected chi connectivity index (χ1v) is 18.2. The highest BCUT2D eigenvalue weighted by Gasteiger charge is 2.25. The van der Waals surface area contributed by atoms with Crippen LogP contribution < -0.4 is 9.47 Å². The molecular weight excluding hydrogens is 488 g/mol. The second kappa shape index (κ2) is 21.5. The summed E-state index contributed by atoms with van der Waals surface area (Å²) >= 11 is 0. The van der Waals surface area contributed by atoms with E-state index in [0.29, 0.717) is 0 Å². The van der Waals surface area contributed by atoms with E-state index >= 15 is 0 Å². The fourth-order valence-corrected chi connectivity index (χ4v) is 7.81. The van der Waals surface area contributed by atoms with Crippen LogP contribution in [-0.2, 0) is 0 Å². The van der Waals surface area contributed by atoms with Crippen LogP contribution in [0.1, 0.15) is 168 Å². The Morgan fingerprint density at radius 1 is 0.450 bits per heavy atom. The van der Waals surface area contributed by atoms with Gasteiger partial charge in [-0.15, -0.1) is 0 Å².